The number of rotatable bonds is 3. The third kappa shape index (κ3) is 2.55. The first-order valence-corrected chi connectivity index (χ1v) is 9.66. The quantitative estimate of drug-likeness (QED) is 0.781. The smallest absolute Gasteiger partial charge is 0.487 e. The topological polar surface area (TPSA) is 107 Å². The Balaban J connectivity index is 1.62. The minimum atomic E-state index is -1.50. The van der Waals surface area contributed by atoms with Crippen LogP contribution in [0.5, 0.6) is 11.5 Å². The van der Waals surface area contributed by atoms with Gasteiger partial charge in [0.05, 0.1) is 28.8 Å². The van der Waals surface area contributed by atoms with Crippen LogP contribution >= 0.6 is 0 Å². The van der Waals surface area contributed by atoms with Crippen LogP contribution in [0.15, 0.2) is 23.1 Å². The van der Waals surface area contributed by atoms with E-state index < -0.39 is 11.6 Å². The third-order valence-corrected chi connectivity index (χ3v) is 6.40. The van der Waals surface area contributed by atoms with Crippen molar-refractivity contribution in [2.45, 2.75) is 37.8 Å². The highest BCUT2D eigenvalue weighted by atomic mass is 16.7. The van der Waals surface area contributed by atoms with Crippen LogP contribution in [0.2, 0.25) is 0 Å². The number of nitrogens with zero attached hydrogens (tertiary/aromatic N) is 2. The van der Waals surface area contributed by atoms with Crippen molar-refractivity contribution in [3.8, 4) is 11.5 Å². The van der Waals surface area contributed by atoms with E-state index >= 15 is 0 Å². The Hall–Kier alpha value is -2.74. The number of ether oxygens (including phenoxy) is 2. The number of aromatic nitrogens is 1. The molecule has 2 aliphatic heterocycles. The lowest BCUT2D eigenvalue weighted by atomic mass is 9.97. The first-order chi connectivity index (χ1) is 13.4. The maximum absolute atomic E-state index is 12.8. The van der Waals surface area contributed by atoms with Gasteiger partial charge in [-0.3, -0.25) is 4.79 Å². The number of carboxylic acid groups (broad SMARTS) is 1. The van der Waals surface area contributed by atoms with Gasteiger partial charge in [-0.2, -0.15) is 0 Å². The minimum absolute atomic E-state index is 0.0105. The average molecular weight is 385 g/mol. The maximum Gasteiger partial charge on any atom is 0.511 e. The number of benzene rings is 1. The molecule has 2 aromatic rings. The highest BCUT2D eigenvalue weighted by molar-refractivity contribution is 5.92. The van der Waals surface area contributed by atoms with E-state index in [-0.39, 0.29) is 17.3 Å². The third-order valence-electron chi connectivity index (χ3n) is 6.40. The van der Waals surface area contributed by atoms with Gasteiger partial charge in [-0.1, -0.05) is 0 Å². The zero-order valence-electron chi connectivity index (χ0n) is 15.7. The van der Waals surface area contributed by atoms with Crippen LogP contribution in [0.4, 0.5) is 10.5 Å². The van der Waals surface area contributed by atoms with E-state index in [4.69, 9.17) is 20.3 Å². The van der Waals surface area contributed by atoms with Crippen molar-refractivity contribution >= 4 is 22.7 Å². The molecule has 1 aromatic heterocycles. The highest BCUT2D eigenvalue weighted by Gasteiger charge is 2.48. The number of hydrogen-bond acceptors (Lipinski definition) is 6. The summed E-state index contributed by atoms with van der Waals surface area (Å²) in [7, 11) is 0. The number of carbonyl (C=O) groups is 1. The Morgan fingerprint density at radius 3 is 2.89 bits per heavy atom. The summed E-state index contributed by atoms with van der Waals surface area (Å²) in [5.74, 6) is 0.969. The molecule has 8 heteroatoms. The molecule has 2 fully saturated rings. The first-order valence-electron chi connectivity index (χ1n) is 9.66. The SMILES string of the molecule is C[C@H]1COc2c(N3CC[C@@H](C4(N)CC4)C3)ccc3c(=O)c(OC(=O)O)cn1c23. The lowest BCUT2D eigenvalue weighted by Gasteiger charge is -2.31. The Bertz CT molecular complexity index is 1040. The molecule has 148 valence electrons. The molecule has 0 radical (unpaired) electrons. The van der Waals surface area contributed by atoms with Crippen molar-refractivity contribution in [1.29, 1.82) is 0 Å². The van der Waals surface area contributed by atoms with Crippen LogP contribution in [-0.2, 0) is 0 Å². The molecule has 8 nitrogen and oxygen atoms in total. The Morgan fingerprint density at radius 2 is 2.18 bits per heavy atom. The summed E-state index contributed by atoms with van der Waals surface area (Å²) in [6, 6.07) is 3.58. The molecule has 1 aromatic carbocycles. The molecule has 0 amide bonds. The van der Waals surface area contributed by atoms with Crippen LogP contribution < -0.4 is 25.5 Å². The lowest BCUT2D eigenvalue weighted by Crippen LogP contribution is -2.34. The first kappa shape index (κ1) is 17.4. The molecule has 0 spiro atoms. The number of hydrogen-bond donors (Lipinski definition) is 2. The Morgan fingerprint density at radius 1 is 1.39 bits per heavy atom. The van der Waals surface area contributed by atoms with Crippen LogP contribution in [0.25, 0.3) is 10.9 Å². The second-order valence-electron chi connectivity index (χ2n) is 8.23. The molecule has 1 saturated heterocycles. The minimum Gasteiger partial charge on any atom is -0.487 e. The summed E-state index contributed by atoms with van der Waals surface area (Å²) < 4.78 is 12.7. The van der Waals surface area contributed by atoms with Crippen molar-refractivity contribution in [2.24, 2.45) is 11.7 Å². The van der Waals surface area contributed by atoms with Gasteiger partial charge in [-0.25, -0.2) is 4.79 Å². The number of anilines is 1. The summed E-state index contributed by atoms with van der Waals surface area (Å²) in [5.41, 5.74) is 7.62. The van der Waals surface area contributed by atoms with Gasteiger partial charge < -0.3 is 29.8 Å². The fourth-order valence-corrected chi connectivity index (χ4v) is 4.57. The second-order valence-corrected chi connectivity index (χ2v) is 8.23. The van der Waals surface area contributed by atoms with E-state index in [9.17, 15) is 9.59 Å². The van der Waals surface area contributed by atoms with Crippen LogP contribution in [0.1, 0.15) is 32.2 Å². The molecule has 3 N–H and O–H groups in total. The largest absolute Gasteiger partial charge is 0.511 e. The predicted molar refractivity (Wildman–Crippen MR) is 104 cm³/mol. The molecule has 0 unspecified atom stereocenters. The molecule has 0 bridgehead atoms. The van der Waals surface area contributed by atoms with E-state index in [1.165, 1.54) is 6.20 Å². The molecular formula is C20H23N3O5. The molecule has 1 saturated carbocycles. The zero-order chi connectivity index (χ0) is 19.6. The summed E-state index contributed by atoms with van der Waals surface area (Å²) in [5, 5.41) is 9.33. The van der Waals surface area contributed by atoms with Crippen LogP contribution in [0, 0.1) is 5.92 Å². The van der Waals surface area contributed by atoms with E-state index in [1.807, 2.05) is 17.6 Å². The van der Waals surface area contributed by atoms with Crippen molar-refractivity contribution in [2.75, 3.05) is 24.6 Å². The summed E-state index contributed by atoms with van der Waals surface area (Å²) in [6.07, 6.45) is 3.22. The van der Waals surface area contributed by atoms with Gasteiger partial charge in [0.1, 0.15) is 6.61 Å². The molecule has 5 rings (SSSR count). The van der Waals surface area contributed by atoms with Gasteiger partial charge in [0.15, 0.2) is 11.5 Å². The molecule has 3 aliphatic rings. The zero-order valence-corrected chi connectivity index (χ0v) is 15.7. The van der Waals surface area contributed by atoms with Crippen molar-refractivity contribution < 1.29 is 19.4 Å². The van der Waals surface area contributed by atoms with Crippen molar-refractivity contribution in [1.82, 2.24) is 4.57 Å². The molecule has 2 atom stereocenters. The van der Waals surface area contributed by atoms with E-state index in [0.29, 0.717) is 29.2 Å². The van der Waals surface area contributed by atoms with Gasteiger partial charge in [-0.15, -0.1) is 0 Å². The highest BCUT2D eigenvalue weighted by Crippen LogP contribution is 2.47. The molecule has 28 heavy (non-hydrogen) atoms. The number of pyridine rings is 1. The maximum atomic E-state index is 12.8. The van der Waals surface area contributed by atoms with Crippen LogP contribution in [0.3, 0.4) is 0 Å². The van der Waals surface area contributed by atoms with E-state index in [2.05, 4.69) is 4.90 Å². The van der Waals surface area contributed by atoms with E-state index in [0.717, 1.165) is 38.0 Å². The summed E-state index contributed by atoms with van der Waals surface area (Å²) >= 11 is 0. The number of nitrogens with two attached hydrogens (primary N) is 1. The lowest BCUT2D eigenvalue weighted by molar-refractivity contribution is 0.143. The van der Waals surface area contributed by atoms with Gasteiger partial charge in [-0.05, 0) is 44.2 Å². The Labute approximate surface area is 161 Å². The predicted octanol–water partition coefficient (Wildman–Crippen LogP) is 2.33. The van der Waals surface area contributed by atoms with Gasteiger partial charge in [0.2, 0.25) is 5.43 Å². The molecule has 1 aliphatic carbocycles. The molecule has 3 heterocycles. The average Bonchev–Trinajstić information content (AvgIpc) is 3.21. The van der Waals surface area contributed by atoms with Gasteiger partial charge in [0, 0.05) is 18.6 Å². The fourth-order valence-electron chi connectivity index (χ4n) is 4.57. The Kier molecular flexibility index (Phi) is 3.64. The summed E-state index contributed by atoms with van der Waals surface area (Å²) in [6.45, 7) is 4.19. The van der Waals surface area contributed by atoms with Crippen molar-refractivity contribution in [3.05, 3.63) is 28.6 Å². The standard InChI is InChI=1S/C20H23N3O5/c1-11-10-27-18-14(22-7-4-12(8-22)20(21)5-6-20)3-2-13-16(18)23(11)9-15(17(13)24)28-19(25)26/h2-3,9,11-12H,4-8,10,21H2,1H3,(H,25,26)/t11-,12+/m0/s1. The monoisotopic (exact) mass is 385 g/mol. The fraction of sp³-hybridized carbons (Fsp3) is 0.500. The molecular weight excluding hydrogens is 362 g/mol. The van der Waals surface area contributed by atoms with Gasteiger partial charge >= 0.3 is 6.16 Å². The van der Waals surface area contributed by atoms with Gasteiger partial charge in [0.25, 0.3) is 0 Å². The van der Waals surface area contributed by atoms with Crippen molar-refractivity contribution in [3.63, 3.8) is 0 Å². The normalized spacial score (nSPS) is 24.9. The van der Waals surface area contributed by atoms with Crippen LogP contribution in [-0.4, -0.2) is 41.1 Å². The summed E-state index contributed by atoms with van der Waals surface area (Å²) in [4.78, 5) is 26.0. The van der Waals surface area contributed by atoms with E-state index in [1.54, 1.807) is 6.07 Å². The second kappa shape index (κ2) is 5.88.